The van der Waals surface area contributed by atoms with Crippen molar-refractivity contribution in [2.45, 2.75) is 53.1 Å². The van der Waals surface area contributed by atoms with Gasteiger partial charge in [-0.15, -0.1) is 0 Å². The molecule has 35 heavy (non-hydrogen) atoms. The minimum Gasteiger partial charge on any atom is -0.354 e. The first-order valence-electron chi connectivity index (χ1n) is 11.9. The summed E-state index contributed by atoms with van der Waals surface area (Å²) < 4.78 is 28.8. The van der Waals surface area contributed by atoms with Gasteiger partial charge in [-0.2, -0.15) is 12.7 Å². The van der Waals surface area contributed by atoms with Crippen LogP contribution in [0.15, 0.2) is 48.5 Å². The number of carbonyl (C=O) groups is 2. The van der Waals surface area contributed by atoms with Crippen molar-refractivity contribution in [3.8, 4) is 0 Å². The molecule has 0 aromatic heterocycles. The van der Waals surface area contributed by atoms with E-state index >= 15 is 0 Å². The van der Waals surface area contributed by atoms with E-state index in [1.165, 1.54) is 19.0 Å². The standard InChI is InChI=1S/C26H38N4O4S/c1-7-8-16-27-26(32)22(4)29(18-23-12-10-9-11-13-23)25(31)19-30(35(33,34)28(5)6)24-17-20(2)14-15-21(24)3/h9-15,17,22H,7-8,16,18-19H2,1-6H3,(H,27,32). The number of nitrogens with zero attached hydrogens (tertiary/aromatic N) is 3. The summed E-state index contributed by atoms with van der Waals surface area (Å²) >= 11 is 0. The Morgan fingerprint density at radius 1 is 1.03 bits per heavy atom. The van der Waals surface area contributed by atoms with Crippen molar-refractivity contribution in [2.24, 2.45) is 0 Å². The summed E-state index contributed by atoms with van der Waals surface area (Å²) in [5.74, 6) is -0.727. The van der Waals surface area contributed by atoms with E-state index in [9.17, 15) is 18.0 Å². The van der Waals surface area contributed by atoms with Crippen LogP contribution in [0.5, 0.6) is 0 Å². The lowest BCUT2D eigenvalue weighted by Crippen LogP contribution is -2.52. The predicted molar refractivity (Wildman–Crippen MR) is 140 cm³/mol. The Morgan fingerprint density at radius 3 is 2.29 bits per heavy atom. The fourth-order valence-corrected chi connectivity index (χ4v) is 4.70. The molecule has 0 spiro atoms. The number of rotatable bonds is 12. The Labute approximate surface area is 210 Å². The molecule has 0 saturated carbocycles. The lowest BCUT2D eigenvalue weighted by Gasteiger charge is -2.33. The van der Waals surface area contributed by atoms with Crippen molar-refractivity contribution in [3.05, 3.63) is 65.2 Å². The fraction of sp³-hybridized carbons (Fsp3) is 0.462. The molecule has 2 rings (SSSR count). The van der Waals surface area contributed by atoms with Gasteiger partial charge in [0.1, 0.15) is 12.6 Å². The van der Waals surface area contributed by atoms with Gasteiger partial charge in [0.25, 0.3) is 0 Å². The molecule has 0 aliphatic carbocycles. The van der Waals surface area contributed by atoms with Gasteiger partial charge in [-0.3, -0.25) is 9.59 Å². The van der Waals surface area contributed by atoms with Gasteiger partial charge in [0, 0.05) is 27.2 Å². The topological polar surface area (TPSA) is 90.0 Å². The SMILES string of the molecule is CCCCNC(=O)C(C)N(Cc1ccccc1)C(=O)CN(c1cc(C)ccc1C)S(=O)(=O)N(C)C. The summed E-state index contributed by atoms with van der Waals surface area (Å²) in [4.78, 5) is 28.0. The van der Waals surface area contributed by atoms with E-state index in [1.807, 2.05) is 63.2 Å². The predicted octanol–water partition coefficient (Wildman–Crippen LogP) is 3.25. The number of unbranched alkanes of at least 4 members (excludes halogenated alkanes) is 1. The van der Waals surface area contributed by atoms with E-state index in [0.717, 1.165) is 38.1 Å². The number of hydrogen-bond acceptors (Lipinski definition) is 4. The Hall–Kier alpha value is -2.91. The van der Waals surface area contributed by atoms with Crippen LogP contribution in [-0.2, 0) is 26.3 Å². The summed E-state index contributed by atoms with van der Waals surface area (Å²) in [6.07, 6.45) is 1.78. The summed E-state index contributed by atoms with van der Waals surface area (Å²) in [6, 6.07) is 14.1. The fourth-order valence-electron chi connectivity index (χ4n) is 3.59. The van der Waals surface area contributed by atoms with Crippen LogP contribution < -0.4 is 9.62 Å². The number of benzene rings is 2. The van der Waals surface area contributed by atoms with Crippen LogP contribution >= 0.6 is 0 Å². The van der Waals surface area contributed by atoms with Crippen molar-refractivity contribution in [2.75, 3.05) is 31.5 Å². The number of amides is 2. The highest BCUT2D eigenvalue weighted by Crippen LogP contribution is 2.26. The minimum atomic E-state index is -3.98. The third kappa shape index (κ3) is 7.53. The molecule has 1 atom stereocenters. The zero-order valence-corrected chi connectivity index (χ0v) is 22.4. The second-order valence-corrected chi connectivity index (χ2v) is 11.0. The second kappa shape index (κ2) is 12.7. The highest BCUT2D eigenvalue weighted by atomic mass is 32.2. The van der Waals surface area contributed by atoms with Crippen LogP contribution in [0, 0.1) is 13.8 Å². The minimum absolute atomic E-state index is 0.185. The Bertz CT molecular complexity index is 1100. The summed E-state index contributed by atoms with van der Waals surface area (Å²) in [5.41, 5.74) is 2.89. The molecule has 9 heteroatoms. The maximum Gasteiger partial charge on any atom is 0.304 e. The third-order valence-corrected chi connectivity index (χ3v) is 7.65. The van der Waals surface area contributed by atoms with E-state index in [4.69, 9.17) is 0 Å². The van der Waals surface area contributed by atoms with E-state index in [0.29, 0.717) is 12.2 Å². The van der Waals surface area contributed by atoms with Crippen LogP contribution in [0.4, 0.5) is 5.69 Å². The van der Waals surface area contributed by atoms with Gasteiger partial charge in [0.2, 0.25) is 11.8 Å². The molecule has 192 valence electrons. The van der Waals surface area contributed by atoms with Crippen molar-refractivity contribution in [1.29, 1.82) is 0 Å². The van der Waals surface area contributed by atoms with Gasteiger partial charge in [0.05, 0.1) is 5.69 Å². The highest BCUT2D eigenvalue weighted by Gasteiger charge is 2.33. The zero-order chi connectivity index (χ0) is 26.2. The molecule has 8 nitrogen and oxygen atoms in total. The van der Waals surface area contributed by atoms with Crippen LogP contribution in [0.1, 0.15) is 43.4 Å². The monoisotopic (exact) mass is 502 g/mol. The number of anilines is 1. The lowest BCUT2D eigenvalue weighted by molar-refractivity contribution is -0.139. The summed E-state index contributed by atoms with van der Waals surface area (Å²) in [6.45, 7) is 7.67. The van der Waals surface area contributed by atoms with Crippen molar-refractivity contribution in [1.82, 2.24) is 14.5 Å². The van der Waals surface area contributed by atoms with Gasteiger partial charge in [-0.1, -0.05) is 55.8 Å². The number of carbonyl (C=O) groups excluding carboxylic acids is 2. The number of nitrogens with one attached hydrogen (secondary N) is 1. The summed E-state index contributed by atoms with van der Waals surface area (Å²) in [5, 5.41) is 2.88. The van der Waals surface area contributed by atoms with Crippen molar-refractivity contribution >= 4 is 27.7 Å². The molecule has 0 bridgehead atoms. The normalized spacial score (nSPS) is 12.3. The second-order valence-electron chi connectivity index (χ2n) is 8.91. The van der Waals surface area contributed by atoms with Crippen LogP contribution in [-0.4, -0.2) is 62.7 Å². The lowest BCUT2D eigenvalue weighted by atomic mass is 10.1. The number of hydrogen-bond donors (Lipinski definition) is 1. The molecule has 0 saturated heterocycles. The van der Waals surface area contributed by atoms with Gasteiger partial charge in [-0.05, 0) is 49.9 Å². The van der Waals surface area contributed by atoms with E-state index in [-0.39, 0.29) is 12.5 Å². The van der Waals surface area contributed by atoms with Crippen molar-refractivity contribution < 1.29 is 18.0 Å². The smallest absolute Gasteiger partial charge is 0.304 e. The molecule has 2 amide bonds. The number of aryl methyl sites for hydroxylation is 2. The Kier molecular flexibility index (Phi) is 10.3. The van der Waals surface area contributed by atoms with Crippen molar-refractivity contribution in [3.63, 3.8) is 0 Å². The quantitative estimate of drug-likeness (QED) is 0.451. The molecule has 0 aliphatic rings. The molecule has 2 aromatic rings. The molecule has 1 unspecified atom stereocenters. The van der Waals surface area contributed by atoms with Gasteiger partial charge in [0.15, 0.2) is 0 Å². The highest BCUT2D eigenvalue weighted by molar-refractivity contribution is 7.90. The molecule has 2 aromatic carbocycles. The molecule has 0 fully saturated rings. The van der Waals surface area contributed by atoms with Gasteiger partial charge < -0.3 is 10.2 Å². The first-order valence-corrected chi connectivity index (χ1v) is 13.3. The molecule has 0 aliphatic heterocycles. The van der Waals surface area contributed by atoms with E-state index in [1.54, 1.807) is 13.0 Å². The molecule has 1 N–H and O–H groups in total. The molecular weight excluding hydrogens is 464 g/mol. The molecular formula is C26H38N4O4S. The Morgan fingerprint density at radius 2 is 1.69 bits per heavy atom. The summed E-state index contributed by atoms with van der Waals surface area (Å²) in [7, 11) is -1.11. The van der Waals surface area contributed by atoms with Crippen LogP contribution in [0.25, 0.3) is 0 Å². The van der Waals surface area contributed by atoms with Gasteiger partial charge in [-0.25, -0.2) is 4.31 Å². The zero-order valence-electron chi connectivity index (χ0n) is 21.6. The third-order valence-electron chi connectivity index (χ3n) is 5.84. The van der Waals surface area contributed by atoms with Gasteiger partial charge >= 0.3 is 10.2 Å². The van der Waals surface area contributed by atoms with E-state index < -0.39 is 28.7 Å². The van der Waals surface area contributed by atoms with Crippen LogP contribution in [0.2, 0.25) is 0 Å². The maximum absolute atomic E-state index is 13.7. The molecule has 0 heterocycles. The Balaban J connectivity index is 2.44. The largest absolute Gasteiger partial charge is 0.354 e. The maximum atomic E-state index is 13.7. The first kappa shape index (κ1) is 28.3. The average Bonchev–Trinajstić information content (AvgIpc) is 2.82. The average molecular weight is 503 g/mol. The van der Waals surface area contributed by atoms with Crippen LogP contribution in [0.3, 0.4) is 0 Å². The first-order chi connectivity index (χ1) is 16.5. The van der Waals surface area contributed by atoms with E-state index in [2.05, 4.69) is 5.32 Å². The molecule has 0 radical (unpaired) electrons.